The zero-order valence-electron chi connectivity index (χ0n) is 12.4. The highest BCUT2D eigenvalue weighted by Gasteiger charge is 2.39. The van der Waals surface area contributed by atoms with Crippen LogP contribution >= 0.6 is 0 Å². The minimum Gasteiger partial charge on any atom is -0.497 e. The second kappa shape index (κ2) is 5.38. The lowest BCUT2D eigenvalue weighted by molar-refractivity contribution is -0.0913. The van der Waals surface area contributed by atoms with Gasteiger partial charge in [0.25, 0.3) is 0 Å². The Morgan fingerprint density at radius 1 is 1.32 bits per heavy atom. The van der Waals surface area contributed by atoms with Gasteiger partial charge in [-0.3, -0.25) is 0 Å². The minimum absolute atomic E-state index is 0.0672. The Hall–Kier alpha value is -1.28. The van der Waals surface area contributed by atoms with E-state index in [0.29, 0.717) is 0 Å². The molecule has 2 nitrogen and oxygen atoms in total. The third-order valence-corrected chi connectivity index (χ3v) is 4.33. The number of ether oxygens (including phenoxy) is 2. The zero-order valence-corrected chi connectivity index (χ0v) is 12.4. The molecule has 2 heteroatoms. The number of hydrogen-bond acceptors (Lipinski definition) is 2. The molecule has 0 spiro atoms. The van der Waals surface area contributed by atoms with Gasteiger partial charge in [-0.15, -0.1) is 0 Å². The molecule has 0 radical (unpaired) electrons. The van der Waals surface area contributed by atoms with Crippen LogP contribution in [0.15, 0.2) is 36.4 Å². The van der Waals surface area contributed by atoms with Crippen LogP contribution in [-0.2, 0) is 4.74 Å². The number of methoxy groups -OCH3 is 1. The van der Waals surface area contributed by atoms with Gasteiger partial charge >= 0.3 is 0 Å². The van der Waals surface area contributed by atoms with E-state index in [9.17, 15) is 0 Å². The summed E-state index contributed by atoms with van der Waals surface area (Å²) in [4.78, 5) is 0. The van der Waals surface area contributed by atoms with Crippen molar-refractivity contribution < 1.29 is 9.47 Å². The molecule has 2 rings (SSSR count). The molecule has 1 aromatic rings. The van der Waals surface area contributed by atoms with Crippen molar-refractivity contribution in [2.24, 2.45) is 5.41 Å². The van der Waals surface area contributed by atoms with Crippen LogP contribution in [0.2, 0.25) is 0 Å². The smallest absolute Gasteiger partial charge is 0.118 e. The summed E-state index contributed by atoms with van der Waals surface area (Å²) in [6.07, 6.45) is 2.27. The van der Waals surface area contributed by atoms with Gasteiger partial charge in [-0.1, -0.05) is 45.1 Å². The standard InChI is InChI=1S/C17H24O2/c1-6-16-17(3,4)12(2)11-15(19-16)13-7-9-14(18-5)10-8-13/h7-10,15-16H,2,6,11H2,1,3-5H3. The van der Waals surface area contributed by atoms with E-state index in [-0.39, 0.29) is 17.6 Å². The fourth-order valence-corrected chi connectivity index (χ4v) is 2.75. The maximum Gasteiger partial charge on any atom is 0.118 e. The Morgan fingerprint density at radius 3 is 2.47 bits per heavy atom. The van der Waals surface area contributed by atoms with Crippen LogP contribution < -0.4 is 4.74 Å². The SMILES string of the molecule is C=C1CC(c2ccc(OC)cc2)OC(CC)C1(C)C. The van der Waals surface area contributed by atoms with E-state index in [1.165, 1.54) is 11.1 Å². The van der Waals surface area contributed by atoms with Gasteiger partial charge in [0, 0.05) is 5.41 Å². The van der Waals surface area contributed by atoms with Crippen molar-refractivity contribution >= 4 is 0 Å². The van der Waals surface area contributed by atoms with Crippen molar-refractivity contribution in [2.45, 2.75) is 45.8 Å². The second-order valence-corrected chi connectivity index (χ2v) is 5.82. The molecule has 2 unspecified atom stereocenters. The molecule has 0 saturated carbocycles. The van der Waals surface area contributed by atoms with Gasteiger partial charge in [0.1, 0.15) is 5.75 Å². The molecule has 2 atom stereocenters. The highest BCUT2D eigenvalue weighted by atomic mass is 16.5. The van der Waals surface area contributed by atoms with Crippen molar-refractivity contribution in [1.29, 1.82) is 0 Å². The van der Waals surface area contributed by atoms with Crippen molar-refractivity contribution in [3.05, 3.63) is 42.0 Å². The third kappa shape index (κ3) is 2.69. The van der Waals surface area contributed by atoms with Crippen LogP contribution in [0.1, 0.15) is 45.3 Å². The molecule has 1 aliphatic rings. The first-order valence-electron chi connectivity index (χ1n) is 6.96. The monoisotopic (exact) mass is 260 g/mol. The lowest BCUT2D eigenvalue weighted by Gasteiger charge is -2.44. The molecule has 1 aromatic carbocycles. The number of hydrogen-bond donors (Lipinski definition) is 0. The summed E-state index contributed by atoms with van der Waals surface area (Å²) in [7, 11) is 1.68. The fourth-order valence-electron chi connectivity index (χ4n) is 2.75. The highest BCUT2D eigenvalue weighted by Crippen LogP contribution is 2.45. The van der Waals surface area contributed by atoms with Crippen molar-refractivity contribution in [1.82, 2.24) is 0 Å². The van der Waals surface area contributed by atoms with Crippen LogP contribution in [0.3, 0.4) is 0 Å². The number of benzene rings is 1. The van der Waals surface area contributed by atoms with E-state index >= 15 is 0 Å². The predicted molar refractivity (Wildman–Crippen MR) is 78.4 cm³/mol. The summed E-state index contributed by atoms with van der Waals surface area (Å²) in [6.45, 7) is 10.9. The highest BCUT2D eigenvalue weighted by molar-refractivity contribution is 5.30. The molecule has 1 heterocycles. The van der Waals surface area contributed by atoms with Crippen LogP contribution in [0.4, 0.5) is 0 Å². The van der Waals surface area contributed by atoms with Crippen molar-refractivity contribution in [3.63, 3.8) is 0 Å². The van der Waals surface area contributed by atoms with Crippen LogP contribution in [0.25, 0.3) is 0 Å². The van der Waals surface area contributed by atoms with Crippen LogP contribution in [0, 0.1) is 5.41 Å². The van der Waals surface area contributed by atoms with E-state index in [0.717, 1.165) is 18.6 Å². The average Bonchev–Trinajstić information content (AvgIpc) is 2.42. The molecular formula is C17H24O2. The fraction of sp³-hybridized carbons (Fsp3) is 0.529. The Balaban J connectivity index is 2.20. The molecule has 104 valence electrons. The number of rotatable bonds is 3. The van der Waals surface area contributed by atoms with Crippen LogP contribution in [-0.4, -0.2) is 13.2 Å². The van der Waals surface area contributed by atoms with Gasteiger partial charge in [-0.2, -0.15) is 0 Å². The van der Waals surface area contributed by atoms with Crippen LogP contribution in [0.5, 0.6) is 5.75 Å². The Kier molecular flexibility index (Phi) is 4.00. The second-order valence-electron chi connectivity index (χ2n) is 5.82. The summed E-state index contributed by atoms with van der Waals surface area (Å²) in [5.74, 6) is 0.880. The summed E-state index contributed by atoms with van der Waals surface area (Å²) in [5, 5.41) is 0. The normalized spacial score (nSPS) is 26.2. The lowest BCUT2D eigenvalue weighted by Crippen LogP contribution is -2.39. The first kappa shape index (κ1) is 14.1. The summed E-state index contributed by atoms with van der Waals surface area (Å²) >= 11 is 0. The predicted octanol–water partition coefficient (Wildman–Crippen LogP) is 4.52. The molecule has 1 fully saturated rings. The van der Waals surface area contributed by atoms with E-state index < -0.39 is 0 Å². The van der Waals surface area contributed by atoms with Gasteiger partial charge in [0.2, 0.25) is 0 Å². The van der Waals surface area contributed by atoms with E-state index in [1.54, 1.807) is 7.11 Å². The average molecular weight is 260 g/mol. The maximum absolute atomic E-state index is 6.28. The molecule has 0 aliphatic carbocycles. The van der Waals surface area contributed by atoms with Crippen molar-refractivity contribution in [3.8, 4) is 5.75 Å². The largest absolute Gasteiger partial charge is 0.497 e. The molecule has 0 N–H and O–H groups in total. The summed E-state index contributed by atoms with van der Waals surface area (Å²) < 4.78 is 11.5. The zero-order chi connectivity index (χ0) is 14.0. The van der Waals surface area contributed by atoms with Crippen molar-refractivity contribution in [2.75, 3.05) is 7.11 Å². The summed E-state index contributed by atoms with van der Waals surface area (Å²) in [5.41, 5.74) is 2.56. The first-order chi connectivity index (χ1) is 8.98. The Morgan fingerprint density at radius 2 is 1.95 bits per heavy atom. The molecule has 1 aliphatic heterocycles. The summed E-state index contributed by atoms with van der Waals surface area (Å²) in [6, 6.07) is 8.15. The lowest BCUT2D eigenvalue weighted by atomic mass is 9.73. The molecule has 0 aromatic heterocycles. The third-order valence-electron chi connectivity index (χ3n) is 4.33. The van der Waals surface area contributed by atoms with E-state index in [1.807, 2.05) is 12.1 Å². The minimum atomic E-state index is 0.0672. The van der Waals surface area contributed by atoms with Gasteiger partial charge in [-0.05, 0) is 30.5 Å². The Labute approximate surface area is 116 Å². The molecule has 0 bridgehead atoms. The molecule has 0 amide bonds. The van der Waals surface area contributed by atoms with E-state index in [2.05, 4.69) is 39.5 Å². The van der Waals surface area contributed by atoms with Gasteiger partial charge in [-0.25, -0.2) is 0 Å². The van der Waals surface area contributed by atoms with Gasteiger partial charge in [0.05, 0.1) is 19.3 Å². The maximum atomic E-state index is 6.28. The van der Waals surface area contributed by atoms with Gasteiger partial charge < -0.3 is 9.47 Å². The molecule has 1 saturated heterocycles. The Bertz CT molecular complexity index is 445. The first-order valence-corrected chi connectivity index (χ1v) is 6.96. The topological polar surface area (TPSA) is 18.5 Å². The quantitative estimate of drug-likeness (QED) is 0.744. The van der Waals surface area contributed by atoms with E-state index in [4.69, 9.17) is 9.47 Å². The molecule has 19 heavy (non-hydrogen) atoms. The van der Waals surface area contributed by atoms with Gasteiger partial charge in [0.15, 0.2) is 0 Å². The molecular weight excluding hydrogens is 236 g/mol.